The molecule has 0 amide bonds. The van der Waals surface area contributed by atoms with Crippen molar-refractivity contribution in [1.29, 1.82) is 0 Å². The molecule has 0 spiro atoms. The Balaban J connectivity index is 2.08. The van der Waals surface area contributed by atoms with Gasteiger partial charge < -0.3 is 4.57 Å². The minimum absolute atomic E-state index is 0.0379. The summed E-state index contributed by atoms with van der Waals surface area (Å²) in [6.07, 6.45) is 4.90. The molecule has 0 aliphatic carbocycles. The van der Waals surface area contributed by atoms with Crippen molar-refractivity contribution in [2.24, 2.45) is 7.05 Å². The average molecular weight is 314 g/mol. The van der Waals surface area contributed by atoms with Crippen LogP contribution in [0.25, 0.3) is 0 Å². The molecule has 0 radical (unpaired) electrons. The highest BCUT2D eigenvalue weighted by Crippen LogP contribution is 2.19. The molecule has 0 aliphatic heterocycles. The second kappa shape index (κ2) is 6.02. The van der Waals surface area contributed by atoms with Crippen LogP contribution in [-0.4, -0.2) is 23.0 Å². The summed E-state index contributed by atoms with van der Waals surface area (Å²) < 4.78 is 28.3. The van der Waals surface area contributed by atoms with E-state index in [4.69, 9.17) is 0 Å². The number of aromatic nitrogens is 3. The predicted molar refractivity (Wildman–Crippen MR) is 78.1 cm³/mol. The molecule has 0 unspecified atom stereocenters. The SMILES string of the molecule is CCCc1nc(C)c(CNS(=O)(=O)c2cn(C)cn2)s1. The number of aryl methyl sites for hydroxylation is 3. The number of thiazole rings is 1. The lowest BCUT2D eigenvalue weighted by molar-refractivity contribution is 0.578. The van der Waals surface area contributed by atoms with E-state index in [1.165, 1.54) is 12.5 Å². The largest absolute Gasteiger partial charge is 0.339 e. The highest BCUT2D eigenvalue weighted by atomic mass is 32.2. The molecule has 2 aromatic heterocycles. The quantitative estimate of drug-likeness (QED) is 0.879. The van der Waals surface area contributed by atoms with E-state index in [1.54, 1.807) is 23.0 Å². The molecule has 2 rings (SSSR count). The molecule has 0 aromatic carbocycles. The molecule has 1 N–H and O–H groups in total. The summed E-state index contributed by atoms with van der Waals surface area (Å²) in [7, 11) is -1.83. The van der Waals surface area contributed by atoms with Crippen LogP contribution in [0.3, 0.4) is 0 Å². The Morgan fingerprint density at radius 3 is 2.80 bits per heavy atom. The standard InChI is InChI=1S/C12H18N4O2S2/c1-4-5-11-15-9(2)10(19-11)6-14-20(17,18)12-7-16(3)8-13-12/h7-8,14H,4-6H2,1-3H3. The van der Waals surface area contributed by atoms with Gasteiger partial charge in [0, 0.05) is 24.7 Å². The summed E-state index contributed by atoms with van der Waals surface area (Å²) in [5.74, 6) is 0. The Kier molecular flexibility index (Phi) is 4.56. The zero-order valence-electron chi connectivity index (χ0n) is 11.8. The lowest BCUT2D eigenvalue weighted by Crippen LogP contribution is -2.23. The van der Waals surface area contributed by atoms with Gasteiger partial charge in [0.05, 0.1) is 17.0 Å². The molecule has 0 aliphatic rings. The number of hydrogen-bond donors (Lipinski definition) is 1. The van der Waals surface area contributed by atoms with Crippen molar-refractivity contribution in [3.8, 4) is 0 Å². The first-order chi connectivity index (χ1) is 9.42. The van der Waals surface area contributed by atoms with Crippen LogP contribution < -0.4 is 4.72 Å². The number of rotatable bonds is 6. The maximum absolute atomic E-state index is 12.1. The minimum atomic E-state index is -3.56. The maximum Gasteiger partial charge on any atom is 0.259 e. The predicted octanol–water partition coefficient (Wildman–Crippen LogP) is 1.62. The molecule has 20 heavy (non-hydrogen) atoms. The lowest BCUT2D eigenvalue weighted by Gasteiger charge is -2.02. The highest BCUT2D eigenvalue weighted by molar-refractivity contribution is 7.89. The summed E-state index contributed by atoms with van der Waals surface area (Å²) in [6, 6.07) is 0. The van der Waals surface area contributed by atoms with Crippen molar-refractivity contribution in [2.75, 3.05) is 0 Å². The molecule has 110 valence electrons. The van der Waals surface area contributed by atoms with Gasteiger partial charge in [0.15, 0.2) is 5.03 Å². The monoisotopic (exact) mass is 314 g/mol. The fourth-order valence-electron chi connectivity index (χ4n) is 1.74. The zero-order valence-corrected chi connectivity index (χ0v) is 13.4. The van der Waals surface area contributed by atoms with Crippen LogP contribution >= 0.6 is 11.3 Å². The fourth-order valence-corrected chi connectivity index (χ4v) is 3.91. The van der Waals surface area contributed by atoms with Crippen molar-refractivity contribution in [3.05, 3.63) is 28.1 Å². The van der Waals surface area contributed by atoms with Gasteiger partial charge in [0.25, 0.3) is 10.0 Å². The van der Waals surface area contributed by atoms with Gasteiger partial charge in [-0.15, -0.1) is 11.3 Å². The van der Waals surface area contributed by atoms with Crippen LogP contribution in [-0.2, 0) is 30.0 Å². The third-order valence-electron chi connectivity index (χ3n) is 2.78. The molecule has 0 saturated heterocycles. The first kappa shape index (κ1) is 15.1. The lowest BCUT2D eigenvalue weighted by atomic mass is 10.3. The zero-order chi connectivity index (χ0) is 14.8. The molecular formula is C12H18N4O2S2. The summed E-state index contributed by atoms with van der Waals surface area (Å²) in [5, 5.41) is 1.09. The molecule has 2 heterocycles. The maximum atomic E-state index is 12.1. The number of imidazole rings is 1. The number of nitrogens with zero attached hydrogens (tertiary/aromatic N) is 3. The van der Waals surface area contributed by atoms with Crippen molar-refractivity contribution in [2.45, 2.75) is 38.3 Å². The normalized spacial score (nSPS) is 11.9. The average Bonchev–Trinajstić information content (AvgIpc) is 2.95. The minimum Gasteiger partial charge on any atom is -0.339 e. The summed E-state index contributed by atoms with van der Waals surface area (Å²) in [4.78, 5) is 9.25. The van der Waals surface area contributed by atoms with E-state index >= 15 is 0 Å². The van der Waals surface area contributed by atoms with Gasteiger partial charge in [-0.05, 0) is 19.8 Å². The van der Waals surface area contributed by atoms with Gasteiger partial charge in [0.2, 0.25) is 0 Å². The molecule has 0 saturated carbocycles. The topological polar surface area (TPSA) is 76.9 Å². The molecule has 0 bridgehead atoms. The second-order valence-electron chi connectivity index (χ2n) is 4.57. The van der Waals surface area contributed by atoms with Crippen molar-refractivity contribution >= 4 is 21.4 Å². The van der Waals surface area contributed by atoms with Gasteiger partial charge in [-0.1, -0.05) is 6.92 Å². The Morgan fingerprint density at radius 1 is 1.45 bits per heavy atom. The Hall–Kier alpha value is -1.25. The van der Waals surface area contributed by atoms with Crippen LogP contribution in [0, 0.1) is 6.92 Å². The molecule has 0 fully saturated rings. The Labute approximate surface area is 122 Å². The first-order valence-electron chi connectivity index (χ1n) is 6.35. The molecule has 6 nitrogen and oxygen atoms in total. The van der Waals surface area contributed by atoms with Gasteiger partial charge in [-0.3, -0.25) is 0 Å². The summed E-state index contributed by atoms with van der Waals surface area (Å²) >= 11 is 1.56. The van der Waals surface area contributed by atoms with Crippen LogP contribution in [0.15, 0.2) is 17.6 Å². The van der Waals surface area contributed by atoms with E-state index < -0.39 is 10.0 Å². The molecular weight excluding hydrogens is 296 g/mol. The Morgan fingerprint density at radius 2 is 2.20 bits per heavy atom. The van der Waals surface area contributed by atoms with E-state index in [0.717, 1.165) is 28.4 Å². The molecule has 0 atom stereocenters. The fraction of sp³-hybridized carbons (Fsp3) is 0.500. The van der Waals surface area contributed by atoms with Crippen molar-refractivity contribution in [1.82, 2.24) is 19.3 Å². The smallest absolute Gasteiger partial charge is 0.259 e. The highest BCUT2D eigenvalue weighted by Gasteiger charge is 2.18. The van der Waals surface area contributed by atoms with E-state index in [2.05, 4.69) is 21.6 Å². The number of nitrogens with one attached hydrogen (secondary N) is 1. The van der Waals surface area contributed by atoms with E-state index in [-0.39, 0.29) is 11.6 Å². The van der Waals surface area contributed by atoms with Gasteiger partial charge in [0.1, 0.15) is 0 Å². The molecule has 2 aromatic rings. The van der Waals surface area contributed by atoms with Gasteiger partial charge >= 0.3 is 0 Å². The molecule has 8 heteroatoms. The second-order valence-corrected chi connectivity index (χ2v) is 7.45. The van der Waals surface area contributed by atoms with E-state index in [0.29, 0.717) is 0 Å². The third kappa shape index (κ3) is 3.44. The first-order valence-corrected chi connectivity index (χ1v) is 8.65. The van der Waals surface area contributed by atoms with Crippen LogP contribution in [0.1, 0.15) is 28.9 Å². The number of hydrogen-bond acceptors (Lipinski definition) is 5. The number of sulfonamides is 1. The van der Waals surface area contributed by atoms with Crippen molar-refractivity contribution < 1.29 is 8.42 Å². The van der Waals surface area contributed by atoms with Crippen LogP contribution in [0.4, 0.5) is 0 Å². The van der Waals surface area contributed by atoms with Gasteiger partial charge in [-0.2, -0.15) is 0 Å². The van der Waals surface area contributed by atoms with Gasteiger partial charge in [-0.25, -0.2) is 23.1 Å². The Bertz CT molecular complexity index is 688. The van der Waals surface area contributed by atoms with Crippen LogP contribution in [0.2, 0.25) is 0 Å². The van der Waals surface area contributed by atoms with E-state index in [9.17, 15) is 8.42 Å². The van der Waals surface area contributed by atoms with Crippen molar-refractivity contribution in [3.63, 3.8) is 0 Å². The summed E-state index contributed by atoms with van der Waals surface area (Å²) in [5.41, 5.74) is 0.891. The van der Waals surface area contributed by atoms with E-state index in [1.807, 2.05) is 6.92 Å². The third-order valence-corrected chi connectivity index (χ3v) is 5.28. The summed E-state index contributed by atoms with van der Waals surface area (Å²) in [6.45, 7) is 4.26. The van der Waals surface area contributed by atoms with Crippen LogP contribution in [0.5, 0.6) is 0 Å².